The first-order valence-electron chi connectivity index (χ1n) is 8.99. The minimum absolute atomic E-state index is 0.278. The van der Waals surface area contributed by atoms with E-state index >= 15 is 0 Å². The molecule has 3 rings (SSSR count). The zero-order valence-electron chi connectivity index (χ0n) is 15.8. The fraction of sp³-hybridized carbons (Fsp3) is 0.227. The van der Waals surface area contributed by atoms with Gasteiger partial charge in [0, 0.05) is 41.6 Å². The number of nitrogens with zero attached hydrogens (tertiary/aromatic N) is 1. The molecule has 28 heavy (non-hydrogen) atoms. The number of aromatic carboxylic acids is 1. The van der Waals surface area contributed by atoms with E-state index in [0.29, 0.717) is 35.9 Å². The van der Waals surface area contributed by atoms with E-state index in [9.17, 15) is 14.3 Å². The van der Waals surface area contributed by atoms with Gasteiger partial charge in [0.25, 0.3) is 0 Å². The molecule has 0 saturated heterocycles. The predicted molar refractivity (Wildman–Crippen MR) is 108 cm³/mol. The van der Waals surface area contributed by atoms with Crippen LogP contribution in [0.4, 0.5) is 4.39 Å². The van der Waals surface area contributed by atoms with Crippen molar-refractivity contribution in [3.8, 4) is 0 Å². The Labute approximate surface area is 168 Å². The van der Waals surface area contributed by atoms with E-state index in [1.165, 1.54) is 12.1 Å². The van der Waals surface area contributed by atoms with Crippen LogP contribution in [0, 0.1) is 19.7 Å². The number of carbonyl (C=O) groups is 1. The monoisotopic (exact) mass is 400 g/mol. The molecule has 0 amide bonds. The van der Waals surface area contributed by atoms with Crippen LogP contribution in [-0.2, 0) is 19.6 Å². The van der Waals surface area contributed by atoms with E-state index in [4.69, 9.17) is 11.6 Å². The Bertz CT molecular complexity index is 997. The summed E-state index contributed by atoms with van der Waals surface area (Å²) in [4.78, 5) is 11.9. The number of halogens is 2. The maximum Gasteiger partial charge on any atom is 0.337 e. The van der Waals surface area contributed by atoms with Crippen LogP contribution in [0.2, 0.25) is 5.02 Å². The van der Waals surface area contributed by atoms with Crippen LogP contribution in [0.3, 0.4) is 0 Å². The third-order valence-corrected chi connectivity index (χ3v) is 5.32. The molecule has 2 N–H and O–H groups in total. The first kappa shape index (κ1) is 20.1. The van der Waals surface area contributed by atoms with Gasteiger partial charge in [-0.3, -0.25) is 0 Å². The van der Waals surface area contributed by atoms with Gasteiger partial charge in [0.15, 0.2) is 0 Å². The van der Waals surface area contributed by atoms with Gasteiger partial charge in [-0.2, -0.15) is 0 Å². The molecule has 1 heterocycles. The summed E-state index contributed by atoms with van der Waals surface area (Å²) < 4.78 is 15.0. The number of benzene rings is 2. The lowest BCUT2D eigenvalue weighted by atomic mass is 10.1. The average Bonchev–Trinajstić information content (AvgIpc) is 2.89. The van der Waals surface area contributed by atoms with Crippen LogP contribution in [0.25, 0.3) is 0 Å². The second-order valence-corrected chi connectivity index (χ2v) is 7.14. The lowest BCUT2D eigenvalue weighted by Gasteiger charge is -2.11. The highest BCUT2D eigenvalue weighted by Crippen LogP contribution is 2.26. The smallest absolute Gasteiger partial charge is 0.337 e. The lowest BCUT2D eigenvalue weighted by Crippen LogP contribution is -2.15. The minimum Gasteiger partial charge on any atom is -0.478 e. The van der Waals surface area contributed by atoms with Gasteiger partial charge in [-0.25, -0.2) is 9.18 Å². The van der Waals surface area contributed by atoms with E-state index in [-0.39, 0.29) is 5.82 Å². The fourth-order valence-corrected chi connectivity index (χ4v) is 3.61. The van der Waals surface area contributed by atoms with Crippen LogP contribution < -0.4 is 5.32 Å². The topological polar surface area (TPSA) is 54.3 Å². The zero-order valence-corrected chi connectivity index (χ0v) is 16.6. The van der Waals surface area contributed by atoms with Crippen molar-refractivity contribution in [2.24, 2.45) is 0 Å². The quantitative estimate of drug-likeness (QED) is 0.591. The second kappa shape index (κ2) is 8.59. The summed E-state index contributed by atoms with van der Waals surface area (Å²) in [7, 11) is 0. The van der Waals surface area contributed by atoms with E-state index < -0.39 is 5.97 Å². The molecule has 0 aliphatic rings. The normalized spacial score (nSPS) is 11.0. The number of carboxylic acid groups (broad SMARTS) is 1. The maximum atomic E-state index is 13.0. The van der Waals surface area contributed by atoms with Gasteiger partial charge in [0.2, 0.25) is 0 Å². The molecular weight excluding hydrogens is 379 g/mol. The van der Waals surface area contributed by atoms with Crippen molar-refractivity contribution in [1.82, 2.24) is 9.88 Å². The van der Waals surface area contributed by atoms with Crippen LogP contribution in [-0.4, -0.2) is 15.6 Å². The Morgan fingerprint density at radius 3 is 2.39 bits per heavy atom. The molecule has 0 aliphatic carbocycles. The third kappa shape index (κ3) is 4.26. The molecule has 0 radical (unpaired) electrons. The first-order valence-corrected chi connectivity index (χ1v) is 9.36. The van der Waals surface area contributed by atoms with Gasteiger partial charge in [-0.1, -0.05) is 41.9 Å². The molecule has 6 heteroatoms. The van der Waals surface area contributed by atoms with Crippen molar-refractivity contribution >= 4 is 17.6 Å². The summed E-state index contributed by atoms with van der Waals surface area (Å²) in [6, 6.07) is 13.8. The Morgan fingerprint density at radius 1 is 1.07 bits per heavy atom. The molecule has 0 fully saturated rings. The predicted octanol–water partition coefficient (Wildman–Crippen LogP) is 4.93. The molecular formula is C22H22ClFN2O2. The molecule has 0 saturated carbocycles. The first-order chi connectivity index (χ1) is 13.4. The number of hydrogen-bond acceptors (Lipinski definition) is 2. The van der Waals surface area contributed by atoms with Crippen molar-refractivity contribution in [2.45, 2.75) is 33.5 Å². The van der Waals surface area contributed by atoms with Crippen molar-refractivity contribution in [1.29, 1.82) is 0 Å². The summed E-state index contributed by atoms with van der Waals surface area (Å²) >= 11 is 6.28. The fourth-order valence-electron chi connectivity index (χ4n) is 3.42. The number of carboxylic acids is 1. The van der Waals surface area contributed by atoms with Crippen LogP contribution in [0.15, 0.2) is 48.5 Å². The van der Waals surface area contributed by atoms with E-state index in [1.54, 1.807) is 12.1 Å². The number of rotatable bonds is 7. The summed E-state index contributed by atoms with van der Waals surface area (Å²) in [6.07, 6.45) is 0. The minimum atomic E-state index is -0.947. The van der Waals surface area contributed by atoms with Crippen molar-refractivity contribution in [2.75, 3.05) is 0 Å². The molecule has 0 spiro atoms. The molecule has 2 aromatic carbocycles. The van der Waals surface area contributed by atoms with Crippen LogP contribution >= 0.6 is 11.6 Å². The summed E-state index contributed by atoms with van der Waals surface area (Å²) in [5.41, 5.74) is 4.52. The number of nitrogens with one attached hydrogen (secondary N) is 1. The summed E-state index contributed by atoms with van der Waals surface area (Å²) in [5.74, 6) is -1.22. The number of aromatic nitrogens is 1. The van der Waals surface area contributed by atoms with Gasteiger partial charge in [0.05, 0.1) is 5.56 Å². The number of hydrogen-bond donors (Lipinski definition) is 2. The van der Waals surface area contributed by atoms with Gasteiger partial charge < -0.3 is 15.0 Å². The van der Waals surface area contributed by atoms with Gasteiger partial charge in [0.1, 0.15) is 5.82 Å². The van der Waals surface area contributed by atoms with Crippen molar-refractivity contribution in [3.63, 3.8) is 0 Å². The van der Waals surface area contributed by atoms with Crippen LogP contribution in [0.5, 0.6) is 0 Å². The second-order valence-electron chi connectivity index (χ2n) is 6.74. The highest BCUT2D eigenvalue weighted by atomic mass is 35.5. The Kier molecular flexibility index (Phi) is 6.17. The van der Waals surface area contributed by atoms with E-state index in [2.05, 4.69) is 5.32 Å². The lowest BCUT2D eigenvalue weighted by molar-refractivity contribution is 0.0694. The van der Waals surface area contributed by atoms with Crippen molar-refractivity contribution in [3.05, 3.63) is 93.0 Å². The zero-order chi connectivity index (χ0) is 20.3. The van der Waals surface area contributed by atoms with Crippen LogP contribution in [0.1, 0.15) is 38.4 Å². The molecule has 3 aromatic rings. The highest BCUT2D eigenvalue weighted by Gasteiger charge is 2.22. The third-order valence-electron chi connectivity index (χ3n) is 4.95. The summed E-state index contributed by atoms with van der Waals surface area (Å²) in [6.45, 7) is 5.17. The van der Waals surface area contributed by atoms with Gasteiger partial charge in [-0.05, 0) is 43.2 Å². The van der Waals surface area contributed by atoms with E-state index in [1.807, 2.05) is 42.7 Å². The van der Waals surface area contributed by atoms with Crippen molar-refractivity contribution < 1.29 is 14.3 Å². The van der Waals surface area contributed by atoms with E-state index in [0.717, 1.165) is 22.4 Å². The molecule has 146 valence electrons. The molecule has 1 aromatic heterocycles. The molecule has 4 nitrogen and oxygen atoms in total. The maximum absolute atomic E-state index is 13.0. The molecule has 0 bridgehead atoms. The Balaban J connectivity index is 1.84. The molecule has 0 atom stereocenters. The Morgan fingerprint density at radius 2 is 1.75 bits per heavy atom. The summed E-state index contributed by atoms with van der Waals surface area (Å²) in [5, 5.41) is 13.7. The van der Waals surface area contributed by atoms with Gasteiger partial charge in [-0.15, -0.1) is 0 Å². The molecule has 0 unspecified atom stereocenters. The standard InChI is InChI=1S/C22H22ClFN2O2/c1-14-19(12-25-11-16-7-9-18(24)10-8-16)21(22(27)28)15(2)26(14)13-17-5-3-4-6-20(17)23/h3-10,25H,11-13H2,1-2H3,(H,27,28). The Hall–Kier alpha value is -2.63. The SMILES string of the molecule is Cc1c(CNCc2ccc(F)cc2)c(C(=O)O)c(C)n1Cc1ccccc1Cl. The average molecular weight is 401 g/mol. The molecule has 0 aliphatic heterocycles. The van der Waals surface area contributed by atoms with Gasteiger partial charge >= 0.3 is 5.97 Å². The highest BCUT2D eigenvalue weighted by molar-refractivity contribution is 6.31. The largest absolute Gasteiger partial charge is 0.478 e.